The molecule has 0 aromatic heterocycles. The molecule has 6 heteroatoms. The number of ether oxygens (including phenoxy) is 2. The molecule has 2 N–H and O–H groups in total. The zero-order valence-electron chi connectivity index (χ0n) is 21.2. The van der Waals surface area contributed by atoms with Gasteiger partial charge in [0.25, 0.3) is 0 Å². The lowest BCUT2D eigenvalue weighted by Gasteiger charge is -2.20. The van der Waals surface area contributed by atoms with Gasteiger partial charge in [0.2, 0.25) is 0 Å². The average molecular weight is 459 g/mol. The van der Waals surface area contributed by atoms with Crippen molar-refractivity contribution in [2.75, 3.05) is 13.2 Å². The van der Waals surface area contributed by atoms with Crippen molar-refractivity contribution in [3.05, 3.63) is 0 Å². The molecule has 0 aromatic rings. The Kier molecular flexibility index (Phi) is 19.7. The predicted molar refractivity (Wildman–Crippen MR) is 128 cm³/mol. The van der Waals surface area contributed by atoms with Crippen molar-refractivity contribution < 1.29 is 29.3 Å². The normalized spacial score (nSPS) is 15.1. The highest BCUT2D eigenvalue weighted by molar-refractivity contribution is 5.69. The van der Waals surface area contributed by atoms with Crippen molar-refractivity contribution in [1.29, 1.82) is 0 Å². The van der Waals surface area contributed by atoms with Gasteiger partial charge in [0.15, 0.2) is 0 Å². The molecule has 0 aliphatic carbocycles. The summed E-state index contributed by atoms with van der Waals surface area (Å²) in [6, 6.07) is 0. The minimum Gasteiger partial charge on any atom is -0.465 e. The number of unbranched alkanes of at least 4 members (excludes halogenated alkanes) is 5. The van der Waals surface area contributed by atoms with E-state index in [0.717, 1.165) is 77.0 Å². The number of aliphatic hydroxyl groups is 2. The number of carbonyl (C=O) groups excluding carboxylic acids is 2. The lowest BCUT2D eigenvalue weighted by Crippen LogP contribution is -2.25. The second-order valence-electron chi connectivity index (χ2n) is 9.04. The summed E-state index contributed by atoms with van der Waals surface area (Å²) in [6.07, 6.45) is 10.7. The summed E-state index contributed by atoms with van der Waals surface area (Å²) in [7, 11) is 0. The van der Waals surface area contributed by atoms with E-state index in [1.54, 1.807) is 0 Å². The first-order chi connectivity index (χ1) is 15.4. The highest BCUT2D eigenvalue weighted by Gasteiger charge is 2.19. The van der Waals surface area contributed by atoms with Crippen LogP contribution >= 0.6 is 0 Å². The molecule has 4 atom stereocenters. The van der Waals surface area contributed by atoms with Crippen LogP contribution in [0, 0.1) is 11.8 Å². The largest absolute Gasteiger partial charge is 0.465 e. The quantitative estimate of drug-likeness (QED) is 0.173. The standard InChI is InChI=1S/C26H50O6/c1-5-15-23(27)21(7-3)19-31-25(29)17-13-11-9-10-12-14-18-26(30)32-20-22(8-4)24(28)16-6-2/h21-24,27-28H,5-20H2,1-4H3. The molecule has 0 aliphatic heterocycles. The van der Waals surface area contributed by atoms with Crippen molar-refractivity contribution in [3.8, 4) is 0 Å². The second kappa shape index (κ2) is 20.5. The highest BCUT2D eigenvalue weighted by Crippen LogP contribution is 2.16. The lowest BCUT2D eigenvalue weighted by atomic mass is 9.97. The van der Waals surface area contributed by atoms with Crippen LogP contribution in [0.3, 0.4) is 0 Å². The maximum Gasteiger partial charge on any atom is 0.305 e. The third kappa shape index (κ3) is 15.6. The molecule has 0 bridgehead atoms. The van der Waals surface area contributed by atoms with Gasteiger partial charge in [-0.25, -0.2) is 0 Å². The lowest BCUT2D eigenvalue weighted by molar-refractivity contribution is -0.147. The van der Waals surface area contributed by atoms with Crippen LogP contribution in [-0.4, -0.2) is 47.6 Å². The molecule has 0 heterocycles. The monoisotopic (exact) mass is 458 g/mol. The maximum atomic E-state index is 11.9. The zero-order chi connectivity index (χ0) is 24.2. The van der Waals surface area contributed by atoms with Crippen molar-refractivity contribution in [3.63, 3.8) is 0 Å². The van der Waals surface area contributed by atoms with E-state index >= 15 is 0 Å². The first-order valence-corrected chi connectivity index (χ1v) is 13.1. The van der Waals surface area contributed by atoms with Crippen LogP contribution < -0.4 is 0 Å². The molecule has 190 valence electrons. The van der Waals surface area contributed by atoms with E-state index < -0.39 is 12.2 Å². The number of carbonyl (C=O) groups is 2. The Bertz CT molecular complexity index is 425. The van der Waals surface area contributed by atoms with Crippen LogP contribution in [0.15, 0.2) is 0 Å². The fraction of sp³-hybridized carbons (Fsp3) is 0.923. The SMILES string of the molecule is CCCC(O)C(CC)COC(=O)CCCCCCCCC(=O)OCC(CC)C(O)CCC. The van der Waals surface area contributed by atoms with Crippen LogP contribution in [0.1, 0.15) is 118 Å². The van der Waals surface area contributed by atoms with Crippen LogP contribution in [-0.2, 0) is 19.1 Å². The Balaban J connectivity index is 3.70. The van der Waals surface area contributed by atoms with Gasteiger partial charge in [-0.05, 0) is 38.5 Å². The molecule has 0 amide bonds. The molecular weight excluding hydrogens is 408 g/mol. The summed E-state index contributed by atoms with van der Waals surface area (Å²) in [4.78, 5) is 23.8. The van der Waals surface area contributed by atoms with Gasteiger partial charge in [0.05, 0.1) is 25.4 Å². The fourth-order valence-electron chi connectivity index (χ4n) is 3.86. The summed E-state index contributed by atoms with van der Waals surface area (Å²) < 4.78 is 10.7. The Hall–Kier alpha value is -1.14. The smallest absolute Gasteiger partial charge is 0.305 e. The Morgan fingerprint density at radius 3 is 1.28 bits per heavy atom. The molecular formula is C26H50O6. The van der Waals surface area contributed by atoms with E-state index in [4.69, 9.17) is 9.47 Å². The van der Waals surface area contributed by atoms with Crippen LogP contribution in [0.2, 0.25) is 0 Å². The number of aliphatic hydroxyl groups excluding tert-OH is 2. The van der Waals surface area contributed by atoms with Crippen molar-refractivity contribution in [1.82, 2.24) is 0 Å². The Labute approximate surface area is 196 Å². The fourth-order valence-corrected chi connectivity index (χ4v) is 3.86. The number of hydrogen-bond acceptors (Lipinski definition) is 6. The number of esters is 2. The number of hydrogen-bond donors (Lipinski definition) is 2. The van der Waals surface area contributed by atoms with Crippen LogP contribution in [0.5, 0.6) is 0 Å². The molecule has 0 rings (SSSR count). The van der Waals surface area contributed by atoms with Gasteiger partial charge < -0.3 is 19.7 Å². The summed E-state index contributed by atoms with van der Waals surface area (Å²) in [5.41, 5.74) is 0. The van der Waals surface area contributed by atoms with Crippen molar-refractivity contribution in [2.24, 2.45) is 11.8 Å². The highest BCUT2D eigenvalue weighted by atomic mass is 16.5. The molecule has 0 radical (unpaired) electrons. The van der Waals surface area contributed by atoms with Gasteiger partial charge in [-0.3, -0.25) is 9.59 Å². The molecule has 0 aliphatic rings. The third-order valence-electron chi connectivity index (χ3n) is 6.23. The van der Waals surface area contributed by atoms with Gasteiger partial charge in [-0.2, -0.15) is 0 Å². The summed E-state index contributed by atoms with van der Waals surface area (Å²) in [5, 5.41) is 20.1. The third-order valence-corrected chi connectivity index (χ3v) is 6.23. The molecule has 0 aromatic carbocycles. The zero-order valence-corrected chi connectivity index (χ0v) is 21.2. The summed E-state index contributed by atoms with van der Waals surface area (Å²) in [6.45, 7) is 8.72. The Morgan fingerprint density at radius 2 is 0.969 bits per heavy atom. The van der Waals surface area contributed by atoms with E-state index in [0.29, 0.717) is 26.1 Å². The van der Waals surface area contributed by atoms with E-state index in [2.05, 4.69) is 0 Å². The predicted octanol–water partition coefficient (Wildman–Crippen LogP) is 5.57. The van der Waals surface area contributed by atoms with E-state index in [9.17, 15) is 19.8 Å². The average Bonchev–Trinajstić information content (AvgIpc) is 2.76. The van der Waals surface area contributed by atoms with E-state index in [1.807, 2.05) is 27.7 Å². The van der Waals surface area contributed by atoms with Crippen molar-refractivity contribution in [2.45, 2.75) is 130 Å². The first kappa shape index (κ1) is 30.9. The molecule has 0 fully saturated rings. The summed E-state index contributed by atoms with van der Waals surface area (Å²) >= 11 is 0. The number of rotatable bonds is 21. The Morgan fingerprint density at radius 1 is 0.625 bits per heavy atom. The molecule has 4 unspecified atom stereocenters. The first-order valence-electron chi connectivity index (χ1n) is 13.1. The van der Waals surface area contributed by atoms with E-state index in [1.165, 1.54) is 0 Å². The van der Waals surface area contributed by atoms with E-state index in [-0.39, 0.29) is 23.8 Å². The van der Waals surface area contributed by atoms with Crippen molar-refractivity contribution >= 4 is 11.9 Å². The van der Waals surface area contributed by atoms with Gasteiger partial charge in [0, 0.05) is 24.7 Å². The molecule has 6 nitrogen and oxygen atoms in total. The molecule has 0 saturated carbocycles. The second-order valence-corrected chi connectivity index (χ2v) is 9.04. The summed E-state index contributed by atoms with van der Waals surface area (Å²) in [5.74, 6) is -0.298. The molecule has 32 heavy (non-hydrogen) atoms. The van der Waals surface area contributed by atoms with Gasteiger partial charge in [-0.1, -0.05) is 66.2 Å². The maximum absolute atomic E-state index is 11.9. The van der Waals surface area contributed by atoms with Gasteiger partial charge in [-0.15, -0.1) is 0 Å². The molecule has 0 saturated heterocycles. The van der Waals surface area contributed by atoms with Crippen LogP contribution in [0.25, 0.3) is 0 Å². The van der Waals surface area contributed by atoms with Gasteiger partial charge in [0.1, 0.15) is 0 Å². The van der Waals surface area contributed by atoms with Gasteiger partial charge >= 0.3 is 11.9 Å². The molecule has 0 spiro atoms. The minimum atomic E-state index is -0.393. The topological polar surface area (TPSA) is 93.1 Å². The minimum absolute atomic E-state index is 0.0276. The van der Waals surface area contributed by atoms with Crippen LogP contribution in [0.4, 0.5) is 0 Å².